The zero-order valence-corrected chi connectivity index (χ0v) is 9.23. The van der Waals surface area contributed by atoms with Gasteiger partial charge in [-0.15, -0.1) is 0 Å². The van der Waals surface area contributed by atoms with E-state index in [1.54, 1.807) is 0 Å². The van der Waals surface area contributed by atoms with Gasteiger partial charge in [-0.1, -0.05) is 12.1 Å². The zero-order chi connectivity index (χ0) is 14.2. The molecule has 0 aliphatic rings. The zero-order valence-electron chi connectivity index (χ0n) is 9.23. The minimum atomic E-state index is -5.76. The highest BCUT2D eigenvalue weighted by Gasteiger charge is 2.59. The first-order valence-corrected chi connectivity index (χ1v) is 4.89. The molecule has 0 amide bonds. The molecule has 18 heavy (non-hydrogen) atoms. The van der Waals surface area contributed by atoms with Crippen molar-refractivity contribution in [3.8, 4) is 0 Å². The van der Waals surface area contributed by atoms with Crippen LogP contribution in [0.1, 0.15) is 18.9 Å². The second-order valence-electron chi connectivity index (χ2n) is 4.16. The quantitative estimate of drug-likeness (QED) is 0.833. The van der Waals surface area contributed by atoms with Crippen molar-refractivity contribution in [1.82, 2.24) is 0 Å². The van der Waals surface area contributed by atoms with Crippen LogP contribution in [-0.4, -0.2) is 17.2 Å². The van der Waals surface area contributed by atoms with E-state index in [1.807, 2.05) is 0 Å². The predicted octanol–water partition coefficient (Wildman–Crippen LogP) is 3.62. The third-order valence-corrected chi connectivity index (χ3v) is 2.43. The normalized spacial score (nSPS) is 16.4. The van der Waals surface area contributed by atoms with E-state index in [0.717, 1.165) is 25.1 Å². The predicted molar refractivity (Wildman–Crippen MR) is 51.6 cm³/mol. The summed E-state index contributed by atoms with van der Waals surface area (Å²) >= 11 is 0. The highest BCUT2D eigenvalue weighted by Crippen LogP contribution is 2.43. The number of benzene rings is 1. The van der Waals surface area contributed by atoms with E-state index >= 15 is 0 Å². The molecule has 0 fully saturated rings. The van der Waals surface area contributed by atoms with Crippen molar-refractivity contribution in [3.63, 3.8) is 0 Å². The minimum absolute atomic E-state index is 0.341. The standard InChI is InChI=1S/C11H10F6O/c1-9(18,6-10(13,14)11(15,16)17)7-3-2-4-8(12)5-7/h2-5,18H,6H2,1H3. The average molecular weight is 272 g/mol. The summed E-state index contributed by atoms with van der Waals surface area (Å²) in [6.07, 6.45) is -7.63. The Kier molecular flexibility index (Phi) is 3.67. The first-order valence-electron chi connectivity index (χ1n) is 4.89. The Morgan fingerprint density at radius 1 is 1.11 bits per heavy atom. The summed E-state index contributed by atoms with van der Waals surface area (Å²) in [5.74, 6) is -5.88. The number of aliphatic hydroxyl groups is 1. The molecule has 1 aromatic rings. The van der Waals surface area contributed by atoms with Crippen LogP contribution >= 0.6 is 0 Å². The lowest BCUT2D eigenvalue weighted by Crippen LogP contribution is -2.42. The highest BCUT2D eigenvalue weighted by molar-refractivity contribution is 5.23. The lowest BCUT2D eigenvalue weighted by molar-refractivity contribution is -0.297. The van der Waals surface area contributed by atoms with Gasteiger partial charge in [0.25, 0.3) is 0 Å². The minimum Gasteiger partial charge on any atom is -0.385 e. The molecule has 0 aliphatic carbocycles. The number of hydrogen-bond donors (Lipinski definition) is 1. The van der Waals surface area contributed by atoms with Gasteiger partial charge < -0.3 is 5.11 Å². The molecule has 1 atom stereocenters. The van der Waals surface area contributed by atoms with E-state index in [0.29, 0.717) is 6.07 Å². The summed E-state index contributed by atoms with van der Waals surface area (Å²) in [6.45, 7) is 0.779. The van der Waals surface area contributed by atoms with Crippen LogP contribution in [0.3, 0.4) is 0 Å². The highest BCUT2D eigenvalue weighted by atomic mass is 19.4. The van der Waals surface area contributed by atoms with Crippen LogP contribution in [0.2, 0.25) is 0 Å². The molecule has 0 radical (unpaired) electrons. The van der Waals surface area contributed by atoms with Gasteiger partial charge in [0.15, 0.2) is 0 Å². The Hall–Kier alpha value is -1.24. The number of alkyl halides is 5. The second kappa shape index (κ2) is 4.46. The Morgan fingerprint density at radius 3 is 2.11 bits per heavy atom. The molecule has 0 spiro atoms. The van der Waals surface area contributed by atoms with Gasteiger partial charge in [-0.05, 0) is 24.6 Å². The summed E-state index contributed by atoms with van der Waals surface area (Å²) in [5, 5.41) is 9.66. The van der Waals surface area contributed by atoms with Crippen LogP contribution in [0.4, 0.5) is 26.3 Å². The molecule has 0 bridgehead atoms. The van der Waals surface area contributed by atoms with E-state index in [4.69, 9.17) is 0 Å². The van der Waals surface area contributed by atoms with Gasteiger partial charge >= 0.3 is 12.1 Å². The summed E-state index contributed by atoms with van der Waals surface area (Å²) < 4.78 is 74.6. The fourth-order valence-corrected chi connectivity index (χ4v) is 1.46. The van der Waals surface area contributed by atoms with E-state index in [1.165, 1.54) is 0 Å². The molecule has 1 aromatic carbocycles. The first-order chi connectivity index (χ1) is 7.96. The van der Waals surface area contributed by atoms with Gasteiger partial charge in [0, 0.05) is 0 Å². The van der Waals surface area contributed by atoms with E-state index in [-0.39, 0.29) is 5.56 Å². The average Bonchev–Trinajstić information content (AvgIpc) is 2.14. The van der Waals surface area contributed by atoms with Gasteiger partial charge in [0.1, 0.15) is 5.82 Å². The number of hydrogen-bond acceptors (Lipinski definition) is 1. The molecular weight excluding hydrogens is 262 g/mol. The van der Waals surface area contributed by atoms with Crippen LogP contribution in [0.15, 0.2) is 24.3 Å². The van der Waals surface area contributed by atoms with E-state index in [2.05, 4.69) is 0 Å². The molecule has 0 saturated carbocycles. The van der Waals surface area contributed by atoms with Crippen LogP contribution in [0.5, 0.6) is 0 Å². The van der Waals surface area contributed by atoms with E-state index in [9.17, 15) is 31.4 Å². The van der Waals surface area contributed by atoms with Crippen molar-refractivity contribution in [2.45, 2.75) is 31.0 Å². The molecule has 0 heterocycles. The Morgan fingerprint density at radius 2 is 1.67 bits per heavy atom. The second-order valence-corrected chi connectivity index (χ2v) is 4.16. The molecule has 0 aliphatic heterocycles. The van der Waals surface area contributed by atoms with E-state index < -0.39 is 29.9 Å². The summed E-state index contributed by atoms with van der Waals surface area (Å²) in [5.41, 5.74) is -2.83. The topological polar surface area (TPSA) is 20.2 Å². The molecule has 1 N–H and O–H groups in total. The lowest BCUT2D eigenvalue weighted by Gasteiger charge is -2.29. The fourth-order valence-electron chi connectivity index (χ4n) is 1.46. The maximum absolute atomic E-state index is 12.8. The Labute approximate surface area is 99.0 Å². The van der Waals surface area contributed by atoms with Crippen LogP contribution in [0, 0.1) is 5.82 Å². The molecule has 1 rings (SSSR count). The third kappa shape index (κ3) is 3.16. The first kappa shape index (κ1) is 14.8. The molecule has 7 heteroatoms. The smallest absolute Gasteiger partial charge is 0.385 e. The van der Waals surface area contributed by atoms with Crippen molar-refractivity contribution in [2.24, 2.45) is 0 Å². The van der Waals surface area contributed by atoms with Gasteiger partial charge in [0.2, 0.25) is 0 Å². The SMILES string of the molecule is CC(O)(CC(F)(F)C(F)(F)F)c1cccc(F)c1. The van der Waals surface area contributed by atoms with Crippen molar-refractivity contribution in [2.75, 3.05) is 0 Å². The monoisotopic (exact) mass is 272 g/mol. The molecule has 0 saturated heterocycles. The molecule has 1 nitrogen and oxygen atoms in total. The van der Waals surface area contributed by atoms with Crippen LogP contribution < -0.4 is 0 Å². The van der Waals surface area contributed by atoms with Crippen LogP contribution in [-0.2, 0) is 5.60 Å². The summed E-state index contributed by atoms with van der Waals surface area (Å²) in [6, 6.07) is 3.90. The van der Waals surface area contributed by atoms with Crippen molar-refractivity contribution in [3.05, 3.63) is 35.6 Å². The summed E-state index contributed by atoms with van der Waals surface area (Å²) in [7, 11) is 0. The Bertz CT molecular complexity index is 424. The van der Waals surface area contributed by atoms with Gasteiger partial charge in [0.05, 0.1) is 12.0 Å². The lowest BCUT2D eigenvalue weighted by atomic mass is 9.89. The third-order valence-electron chi connectivity index (χ3n) is 2.43. The maximum atomic E-state index is 12.8. The maximum Gasteiger partial charge on any atom is 0.453 e. The Balaban J connectivity index is 3.02. The van der Waals surface area contributed by atoms with Gasteiger partial charge in [-0.3, -0.25) is 0 Å². The van der Waals surface area contributed by atoms with Gasteiger partial charge in [-0.2, -0.15) is 22.0 Å². The molecule has 102 valence electrons. The van der Waals surface area contributed by atoms with Crippen molar-refractivity contribution >= 4 is 0 Å². The summed E-state index contributed by atoms with van der Waals surface area (Å²) in [4.78, 5) is 0. The van der Waals surface area contributed by atoms with Crippen molar-refractivity contribution < 1.29 is 31.4 Å². The fraction of sp³-hybridized carbons (Fsp3) is 0.455. The van der Waals surface area contributed by atoms with Crippen LogP contribution in [0.25, 0.3) is 0 Å². The molecule has 1 unspecified atom stereocenters. The molecule has 0 aromatic heterocycles. The van der Waals surface area contributed by atoms with Crippen molar-refractivity contribution in [1.29, 1.82) is 0 Å². The number of halogens is 6. The number of rotatable bonds is 3. The largest absolute Gasteiger partial charge is 0.453 e. The van der Waals surface area contributed by atoms with Gasteiger partial charge in [-0.25, -0.2) is 4.39 Å². The molecular formula is C11H10F6O.